The summed E-state index contributed by atoms with van der Waals surface area (Å²) in [5, 5.41) is 5.83. The summed E-state index contributed by atoms with van der Waals surface area (Å²) in [6.07, 6.45) is 1.94. The molecule has 0 saturated heterocycles. The molecule has 0 unspecified atom stereocenters. The Balaban J connectivity index is 1.95. The van der Waals surface area contributed by atoms with Gasteiger partial charge in [-0.05, 0) is 17.2 Å². The van der Waals surface area contributed by atoms with E-state index in [4.69, 9.17) is 0 Å². The van der Waals surface area contributed by atoms with Crippen molar-refractivity contribution in [3.63, 3.8) is 0 Å². The quantitative estimate of drug-likeness (QED) is 0.534. The molecule has 106 valence electrons. The van der Waals surface area contributed by atoms with Crippen molar-refractivity contribution in [1.29, 1.82) is 0 Å². The van der Waals surface area contributed by atoms with Gasteiger partial charge in [-0.25, -0.2) is 0 Å². The fourth-order valence-corrected chi connectivity index (χ4v) is 2.94. The van der Waals surface area contributed by atoms with Gasteiger partial charge in [0.1, 0.15) is 6.04 Å². The van der Waals surface area contributed by atoms with Gasteiger partial charge in [0.15, 0.2) is 0 Å². The Bertz CT molecular complexity index is 840. The average Bonchev–Trinajstić information content (AvgIpc) is 3.01. The Hall–Kier alpha value is -2.87. The zero-order valence-corrected chi connectivity index (χ0v) is 12.1. The number of fused-ring (bicyclic) bond motifs is 1. The van der Waals surface area contributed by atoms with E-state index in [-0.39, 0.29) is 6.04 Å². The SMILES string of the molecule is c1ccc(C(c2ccccc2)n2ncc3ccccc32)cc1. The highest BCUT2D eigenvalue weighted by molar-refractivity contribution is 5.78. The molecule has 2 heteroatoms. The molecular formula is C20H16N2. The second-order valence-corrected chi connectivity index (χ2v) is 5.37. The second-order valence-electron chi connectivity index (χ2n) is 5.37. The number of nitrogens with zero attached hydrogens (tertiary/aromatic N) is 2. The summed E-state index contributed by atoms with van der Waals surface area (Å²) < 4.78 is 2.11. The molecular weight excluding hydrogens is 268 g/mol. The molecule has 0 atom stereocenters. The predicted molar refractivity (Wildman–Crippen MR) is 89.9 cm³/mol. The minimum Gasteiger partial charge on any atom is -0.253 e. The number of aromatic nitrogens is 2. The van der Waals surface area contributed by atoms with Gasteiger partial charge in [-0.15, -0.1) is 0 Å². The molecule has 22 heavy (non-hydrogen) atoms. The van der Waals surface area contributed by atoms with Crippen LogP contribution in [-0.4, -0.2) is 9.78 Å². The molecule has 1 heterocycles. The van der Waals surface area contributed by atoms with E-state index in [1.165, 1.54) is 16.5 Å². The summed E-state index contributed by atoms with van der Waals surface area (Å²) in [5.74, 6) is 0. The van der Waals surface area contributed by atoms with Gasteiger partial charge < -0.3 is 0 Å². The smallest absolute Gasteiger partial charge is 0.103 e. The van der Waals surface area contributed by atoms with Gasteiger partial charge in [0.2, 0.25) is 0 Å². The maximum atomic E-state index is 4.67. The van der Waals surface area contributed by atoms with E-state index in [1.807, 2.05) is 24.4 Å². The summed E-state index contributed by atoms with van der Waals surface area (Å²) in [5.41, 5.74) is 3.63. The van der Waals surface area contributed by atoms with Gasteiger partial charge in [0.05, 0.1) is 11.7 Å². The first-order valence-electron chi connectivity index (χ1n) is 7.45. The van der Waals surface area contributed by atoms with Crippen molar-refractivity contribution in [2.75, 3.05) is 0 Å². The predicted octanol–water partition coefficient (Wildman–Crippen LogP) is 4.67. The summed E-state index contributed by atoms with van der Waals surface area (Å²) in [4.78, 5) is 0. The van der Waals surface area contributed by atoms with Crippen LogP contribution < -0.4 is 0 Å². The van der Waals surface area contributed by atoms with Crippen LogP contribution in [0.15, 0.2) is 91.1 Å². The highest BCUT2D eigenvalue weighted by Gasteiger charge is 2.18. The summed E-state index contributed by atoms with van der Waals surface area (Å²) in [7, 11) is 0. The van der Waals surface area contributed by atoms with Crippen LogP contribution >= 0.6 is 0 Å². The molecule has 0 fully saturated rings. The largest absolute Gasteiger partial charge is 0.253 e. The lowest BCUT2D eigenvalue weighted by Gasteiger charge is -2.20. The van der Waals surface area contributed by atoms with Crippen LogP contribution in [-0.2, 0) is 0 Å². The Morgan fingerprint density at radius 2 is 1.18 bits per heavy atom. The molecule has 1 aromatic heterocycles. The normalized spacial score (nSPS) is 11.1. The van der Waals surface area contributed by atoms with Crippen molar-refractivity contribution in [1.82, 2.24) is 9.78 Å². The molecule has 0 amide bonds. The highest BCUT2D eigenvalue weighted by Crippen LogP contribution is 2.29. The third-order valence-corrected chi connectivity index (χ3v) is 3.98. The van der Waals surface area contributed by atoms with Crippen LogP contribution in [0.1, 0.15) is 17.2 Å². The van der Waals surface area contributed by atoms with Crippen molar-refractivity contribution in [3.8, 4) is 0 Å². The Kier molecular flexibility index (Phi) is 3.20. The molecule has 4 aromatic rings. The number of benzene rings is 3. The molecule has 4 rings (SSSR count). The van der Waals surface area contributed by atoms with Gasteiger partial charge in [0, 0.05) is 5.39 Å². The Morgan fingerprint density at radius 3 is 1.82 bits per heavy atom. The molecule has 0 spiro atoms. The average molecular weight is 284 g/mol. The van der Waals surface area contributed by atoms with Gasteiger partial charge in [0.25, 0.3) is 0 Å². The number of rotatable bonds is 3. The minimum atomic E-state index is 0.0855. The topological polar surface area (TPSA) is 17.8 Å². The lowest BCUT2D eigenvalue weighted by molar-refractivity contribution is 0.616. The number of para-hydroxylation sites is 1. The van der Waals surface area contributed by atoms with Gasteiger partial charge in [-0.3, -0.25) is 4.68 Å². The number of hydrogen-bond donors (Lipinski definition) is 0. The maximum absolute atomic E-state index is 4.67. The third-order valence-electron chi connectivity index (χ3n) is 3.98. The first-order valence-corrected chi connectivity index (χ1v) is 7.45. The molecule has 2 nitrogen and oxygen atoms in total. The van der Waals surface area contributed by atoms with Crippen LogP contribution in [0, 0.1) is 0 Å². The van der Waals surface area contributed by atoms with E-state index in [0.29, 0.717) is 0 Å². The third kappa shape index (κ3) is 2.19. The van der Waals surface area contributed by atoms with E-state index in [0.717, 1.165) is 5.52 Å². The summed E-state index contributed by atoms with van der Waals surface area (Å²) in [6.45, 7) is 0. The molecule has 0 radical (unpaired) electrons. The van der Waals surface area contributed by atoms with Crippen molar-refractivity contribution >= 4 is 10.9 Å². The van der Waals surface area contributed by atoms with E-state index >= 15 is 0 Å². The number of hydrogen-bond acceptors (Lipinski definition) is 1. The van der Waals surface area contributed by atoms with Crippen molar-refractivity contribution in [3.05, 3.63) is 102 Å². The van der Waals surface area contributed by atoms with E-state index in [2.05, 4.69) is 76.5 Å². The minimum absolute atomic E-state index is 0.0855. The van der Waals surface area contributed by atoms with Crippen LogP contribution in [0.5, 0.6) is 0 Å². The zero-order chi connectivity index (χ0) is 14.8. The van der Waals surface area contributed by atoms with Crippen molar-refractivity contribution in [2.24, 2.45) is 0 Å². The van der Waals surface area contributed by atoms with Gasteiger partial charge in [-0.2, -0.15) is 5.10 Å². The molecule has 0 aliphatic heterocycles. The van der Waals surface area contributed by atoms with Crippen molar-refractivity contribution in [2.45, 2.75) is 6.04 Å². The van der Waals surface area contributed by atoms with Crippen LogP contribution in [0.4, 0.5) is 0 Å². The Morgan fingerprint density at radius 1 is 0.636 bits per heavy atom. The fraction of sp³-hybridized carbons (Fsp3) is 0.0500. The molecule has 0 N–H and O–H groups in total. The standard InChI is InChI=1S/C20H16N2/c1-3-9-16(10-4-1)20(17-11-5-2-6-12-17)22-19-14-8-7-13-18(19)15-21-22/h1-15,20H. The molecule has 3 aromatic carbocycles. The second kappa shape index (κ2) is 5.49. The Labute approximate surface area is 129 Å². The first-order chi connectivity index (χ1) is 10.9. The van der Waals surface area contributed by atoms with E-state index in [9.17, 15) is 0 Å². The lowest BCUT2D eigenvalue weighted by Crippen LogP contribution is -2.13. The zero-order valence-electron chi connectivity index (χ0n) is 12.1. The van der Waals surface area contributed by atoms with E-state index in [1.54, 1.807) is 0 Å². The molecule has 0 saturated carbocycles. The van der Waals surface area contributed by atoms with Crippen LogP contribution in [0.3, 0.4) is 0 Å². The molecule has 0 bridgehead atoms. The van der Waals surface area contributed by atoms with Crippen molar-refractivity contribution < 1.29 is 0 Å². The maximum Gasteiger partial charge on any atom is 0.103 e. The first kappa shape index (κ1) is 12.8. The van der Waals surface area contributed by atoms with Crippen LogP contribution in [0.2, 0.25) is 0 Å². The summed E-state index contributed by atoms with van der Waals surface area (Å²) >= 11 is 0. The van der Waals surface area contributed by atoms with E-state index < -0.39 is 0 Å². The van der Waals surface area contributed by atoms with Crippen LogP contribution in [0.25, 0.3) is 10.9 Å². The monoisotopic (exact) mass is 284 g/mol. The lowest BCUT2D eigenvalue weighted by atomic mass is 9.99. The molecule has 0 aliphatic rings. The van der Waals surface area contributed by atoms with Gasteiger partial charge >= 0.3 is 0 Å². The molecule has 0 aliphatic carbocycles. The van der Waals surface area contributed by atoms with Gasteiger partial charge in [-0.1, -0.05) is 78.9 Å². The highest BCUT2D eigenvalue weighted by atomic mass is 15.3. The fourth-order valence-electron chi connectivity index (χ4n) is 2.94. The summed E-state index contributed by atoms with van der Waals surface area (Å²) in [6, 6.07) is 29.5.